The molecule has 0 atom stereocenters. The minimum Gasteiger partial charge on any atom is -0.356 e. The molecule has 0 saturated heterocycles. The largest absolute Gasteiger partial charge is 0.356 e. The van der Waals surface area contributed by atoms with E-state index in [1.807, 2.05) is 0 Å². The van der Waals surface area contributed by atoms with Crippen molar-refractivity contribution < 1.29 is 4.39 Å². The van der Waals surface area contributed by atoms with Crippen LogP contribution in [0.15, 0.2) is 18.2 Å². The van der Waals surface area contributed by atoms with E-state index in [4.69, 9.17) is 11.6 Å². The van der Waals surface area contributed by atoms with E-state index < -0.39 is 5.82 Å². The van der Waals surface area contributed by atoms with E-state index in [9.17, 15) is 4.39 Å². The number of nitrogens with one attached hydrogen (secondary N) is 1. The molecule has 0 aliphatic carbocycles. The summed E-state index contributed by atoms with van der Waals surface area (Å²) in [6.45, 7) is 2.65. The van der Waals surface area contributed by atoms with Gasteiger partial charge in [-0.3, -0.25) is 0 Å². The maximum absolute atomic E-state index is 13.0. The van der Waals surface area contributed by atoms with Crippen molar-refractivity contribution in [3.8, 4) is 0 Å². The summed E-state index contributed by atoms with van der Waals surface area (Å²) >= 11 is 7.05. The van der Waals surface area contributed by atoms with Gasteiger partial charge in [0.2, 0.25) is 5.13 Å². The molecule has 6 heteroatoms. The lowest BCUT2D eigenvalue weighted by atomic mass is 10.2. The first-order chi connectivity index (χ1) is 8.69. The van der Waals surface area contributed by atoms with Crippen LogP contribution in [0.4, 0.5) is 9.52 Å². The number of hydrogen-bond donors (Lipinski definition) is 1. The van der Waals surface area contributed by atoms with Gasteiger partial charge in [0.1, 0.15) is 11.6 Å². The third kappa shape index (κ3) is 3.40. The average Bonchev–Trinajstić information content (AvgIpc) is 2.79. The summed E-state index contributed by atoms with van der Waals surface area (Å²) < 4.78 is 17.2. The Morgan fingerprint density at radius 3 is 3.00 bits per heavy atom. The van der Waals surface area contributed by atoms with Gasteiger partial charge >= 0.3 is 0 Å². The zero-order valence-electron chi connectivity index (χ0n) is 9.91. The molecule has 0 aliphatic heterocycles. The molecular weight excluding hydrogens is 273 g/mol. The molecule has 2 rings (SSSR count). The Morgan fingerprint density at radius 1 is 1.44 bits per heavy atom. The Balaban J connectivity index is 1.95. The van der Waals surface area contributed by atoms with Crippen LogP contribution in [0.1, 0.15) is 24.7 Å². The highest BCUT2D eigenvalue weighted by Crippen LogP contribution is 2.18. The Morgan fingerprint density at radius 2 is 2.28 bits per heavy atom. The highest BCUT2D eigenvalue weighted by atomic mass is 35.5. The molecule has 0 amide bonds. The van der Waals surface area contributed by atoms with Gasteiger partial charge in [0.15, 0.2) is 0 Å². The molecule has 2 aromatic rings. The molecule has 96 valence electrons. The number of aryl methyl sites for hydroxylation is 1. The van der Waals surface area contributed by atoms with Gasteiger partial charge in [-0.2, -0.15) is 4.37 Å². The molecule has 0 bridgehead atoms. The van der Waals surface area contributed by atoms with Crippen molar-refractivity contribution in [3.05, 3.63) is 40.4 Å². The van der Waals surface area contributed by atoms with Crippen molar-refractivity contribution in [3.63, 3.8) is 0 Å². The lowest BCUT2D eigenvalue weighted by Crippen LogP contribution is -1.99. The molecule has 1 aromatic heterocycles. The standard InChI is InChI=1S/C12H13ClFN3S/c1-2-3-11-16-12(18-17-11)15-7-8-4-5-10(14)9(13)6-8/h4-6H,2-3,7H2,1H3,(H,15,16,17). The van der Waals surface area contributed by atoms with E-state index >= 15 is 0 Å². The van der Waals surface area contributed by atoms with E-state index in [1.165, 1.54) is 17.6 Å². The zero-order valence-corrected chi connectivity index (χ0v) is 11.5. The fourth-order valence-electron chi connectivity index (χ4n) is 1.48. The minimum absolute atomic E-state index is 0.137. The van der Waals surface area contributed by atoms with Gasteiger partial charge in [0, 0.05) is 24.5 Å². The third-order valence-corrected chi connectivity index (χ3v) is 3.37. The van der Waals surface area contributed by atoms with Gasteiger partial charge in [-0.15, -0.1) is 0 Å². The Kier molecular flexibility index (Phi) is 4.49. The van der Waals surface area contributed by atoms with E-state index in [0.29, 0.717) is 6.54 Å². The van der Waals surface area contributed by atoms with Gasteiger partial charge < -0.3 is 5.32 Å². The maximum Gasteiger partial charge on any atom is 0.202 e. The van der Waals surface area contributed by atoms with Crippen molar-refractivity contribution >= 4 is 28.3 Å². The van der Waals surface area contributed by atoms with Crippen molar-refractivity contribution in [2.45, 2.75) is 26.3 Å². The molecule has 0 saturated carbocycles. The second-order valence-electron chi connectivity index (χ2n) is 3.87. The highest BCUT2D eigenvalue weighted by molar-refractivity contribution is 7.09. The Hall–Kier alpha value is -1.20. The van der Waals surface area contributed by atoms with E-state index in [1.54, 1.807) is 12.1 Å². The molecule has 0 fully saturated rings. The summed E-state index contributed by atoms with van der Waals surface area (Å²) in [5, 5.41) is 4.06. The van der Waals surface area contributed by atoms with Crippen molar-refractivity contribution in [2.75, 3.05) is 5.32 Å². The summed E-state index contributed by atoms with van der Waals surface area (Å²) in [5.74, 6) is 0.462. The van der Waals surface area contributed by atoms with E-state index in [0.717, 1.165) is 29.4 Å². The summed E-state index contributed by atoms with van der Waals surface area (Å²) in [7, 11) is 0. The predicted octanol–water partition coefficient (Wildman–Crippen LogP) is 3.90. The first-order valence-corrected chi connectivity index (χ1v) is 6.84. The molecule has 18 heavy (non-hydrogen) atoms. The molecule has 1 N–H and O–H groups in total. The second kappa shape index (κ2) is 6.11. The monoisotopic (exact) mass is 285 g/mol. The molecule has 0 spiro atoms. The number of anilines is 1. The van der Waals surface area contributed by atoms with Crippen LogP contribution < -0.4 is 5.32 Å². The van der Waals surface area contributed by atoms with Crippen LogP contribution in [0.3, 0.4) is 0 Å². The molecule has 3 nitrogen and oxygen atoms in total. The lowest BCUT2D eigenvalue weighted by molar-refractivity contribution is 0.627. The SMILES string of the molecule is CCCc1nsc(NCc2ccc(F)c(Cl)c2)n1. The fraction of sp³-hybridized carbons (Fsp3) is 0.333. The van der Waals surface area contributed by atoms with Crippen LogP contribution >= 0.6 is 23.1 Å². The van der Waals surface area contributed by atoms with E-state index in [2.05, 4.69) is 21.6 Å². The third-order valence-electron chi connectivity index (χ3n) is 2.37. The Bertz CT molecular complexity index is 530. The molecular formula is C12H13ClFN3S. The van der Waals surface area contributed by atoms with Crippen LogP contribution in [0.25, 0.3) is 0 Å². The molecule has 1 heterocycles. The van der Waals surface area contributed by atoms with Gasteiger partial charge in [-0.25, -0.2) is 9.37 Å². The zero-order chi connectivity index (χ0) is 13.0. The molecule has 0 aliphatic rings. The highest BCUT2D eigenvalue weighted by Gasteiger charge is 2.04. The summed E-state index contributed by atoms with van der Waals surface area (Å²) in [5.41, 5.74) is 0.911. The minimum atomic E-state index is -0.401. The normalized spacial score (nSPS) is 10.6. The molecule has 1 aromatic carbocycles. The summed E-state index contributed by atoms with van der Waals surface area (Å²) in [6, 6.07) is 4.67. The number of benzene rings is 1. The number of rotatable bonds is 5. The van der Waals surface area contributed by atoms with Crippen LogP contribution in [0.2, 0.25) is 5.02 Å². The molecule has 0 radical (unpaired) electrons. The number of aromatic nitrogens is 2. The van der Waals surface area contributed by atoms with Crippen LogP contribution in [0, 0.1) is 5.82 Å². The van der Waals surface area contributed by atoms with Gasteiger partial charge in [-0.1, -0.05) is 24.6 Å². The summed E-state index contributed by atoms with van der Waals surface area (Å²) in [4.78, 5) is 4.34. The quantitative estimate of drug-likeness (QED) is 0.905. The average molecular weight is 286 g/mol. The summed E-state index contributed by atoms with van der Waals surface area (Å²) in [6.07, 6.45) is 1.92. The fourth-order valence-corrected chi connectivity index (χ4v) is 2.29. The van der Waals surface area contributed by atoms with Gasteiger partial charge in [0.05, 0.1) is 5.02 Å². The predicted molar refractivity (Wildman–Crippen MR) is 72.6 cm³/mol. The van der Waals surface area contributed by atoms with Crippen LogP contribution in [-0.2, 0) is 13.0 Å². The topological polar surface area (TPSA) is 37.8 Å². The number of halogens is 2. The lowest BCUT2D eigenvalue weighted by Gasteiger charge is -2.03. The van der Waals surface area contributed by atoms with Crippen molar-refractivity contribution in [1.29, 1.82) is 0 Å². The molecule has 0 unspecified atom stereocenters. The van der Waals surface area contributed by atoms with Crippen LogP contribution in [-0.4, -0.2) is 9.36 Å². The van der Waals surface area contributed by atoms with Crippen molar-refractivity contribution in [2.24, 2.45) is 0 Å². The number of hydrogen-bond acceptors (Lipinski definition) is 4. The second-order valence-corrected chi connectivity index (χ2v) is 5.03. The van der Waals surface area contributed by atoms with Gasteiger partial charge in [-0.05, 0) is 24.1 Å². The van der Waals surface area contributed by atoms with E-state index in [-0.39, 0.29) is 5.02 Å². The van der Waals surface area contributed by atoms with Gasteiger partial charge in [0.25, 0.3) is 0 Å². The number of nitrogens with zero attached hydrogens (tertiary/aromatic N) is 2. The maximum atomic E-state index is 13.0. The Labute approximate surface area is 114 Å². The van der Waals surface area contributed by atoms with Crippen LogP contribution in [0.5, 0.6) is 0 Å². The first-order valence-electron chi connectivity index (χ1n) is 5.69. The smallest absolute Gasteiger partial charge is 0.202 e. The van der Waals surface area contributed by atoms with Crippen molar-refractivity contribution in [1.82, 2.24) is 9.36 Å². The first kappa shape index (κ1) is 13.2.